The number of hydrogen-bond acceptors (Lipinski definition) is 6. The van der Waals surface area contributed by atoms with Crippen molar-refractivity contribution in [2.45, 2.75) is 39.1 Å². The van der Waals surface area contributed by atoms with E-state index in [0.717, 1.165) is 50.8 Å². The van der Waals surface area contributed by atoms with Crippen LogP contribution in [0.4, 0.5) is 0 Å². The highest BCUT2D eigenvalue weighted by atomic mass is 16.5. The monoisotopic (exact) mass is 331 g/mol. The van der Waals surface area contributed by atoms with Crippen molar-refractivity contribution in [3.63, 3.8) is 0 Å². The molecule has 24 heavy (non-hydrogen) atoms. The second-order valence-corrected chi connectivity index (χ2v) is 6.97. The lowest BCUT2D eigenvalue weighted by molar-refractivity contribution is -0.0504. The zero-order valence-corrected chi connectivity index (χ0v) is 14.6. The van der Waals surface area contributed by atoms with Gasteiger partial charge in [0.2, 0.25) is 0 Å². The summed E-state index contributed by atoms with van der Waals surface area (Å²) in [5.41, 5.74) is 3.48. The van der Waals surface area contributed by atoms with Crippen LogP contribution in [-0.4, -0.2) is 63.1 Å². The third kappa shape index (κ3) is 2.99. The SMILES string of the molecule is Cc1noc(C)c1CN1C[C@@H]2OCCN(Cc3cnn(C)c3)[C@@H]2C1. The second kappa shape index (κ2) is 6.31. The minimum atomic E-state index is 0.288. The molecular formula is C17H25N5O2. The molecule has 2 aromatic rings. The minimum absolute atomic E-state index is 0.288. The summed E-state index contributed by atoms with van der Waals surface area (Å²) in [6, 6.07) is 0.444. The summed E-state index contributed by atoms with van der Waals surface area (Å²) in [5.74, 6) is 0.926. The van der Waals surface area contributed by atoms with Gasteiger partial charge in [-0.3, -0.25) is 14.5 Å². The predicted octanol–water partition coefficient (Wildman–Crippen LogP) is 1.11. The van der Waals surface area contributed by atoms with Crippen molar-refractivity contribution >= 4 is 0 Å². The Morgan fingerprint density at radius 3 is 2.83 bits per heavy atom. The first-order valence-electron chi connectivity index (χ1n) is 8.57. The molecule has 2 aliphatic rings. The third-order valence-corrected chi connectivity index (χ3v) is 5.20. The third-order valence-electron chi connectivity index (χ3n) is 5.20. The molecule has 0 N–H and O–H groups in total. The van der Waals surface area contributed by atoms with E-state index >= 15 is 0 Å². The van der Waals surface area contributed by atoms with Gasteiger partial charge in [0.1, 0.15) is 5.76 Å². The fraction of sp³-hybridized carbons (Fsp3) is 0.647. The fourth-order valence-corrected chi connectivity index (χ4v) is 3.90. The van der Waals surface area contributed by atoms with Crippen LogP contribution in [0, 0.1) is 13.8 Å². The van der Waals surface area contributed by atoms with E-state index in [2.05, 4.69) is 26.3 Å². The predicted molar refractivity (Wildman–Crippen MR) is 88.4 cm³/mol. The highest BCUT2D eigenvalue weighted by molar-refractivity contribution is 5.21. The van der Waals surface area contributed by atoms with E-state index in [0.29, 0.717) is 6.04 Å². The lowest BCUT2D eigenvalue weighted by atomic mass is 10.1. The van der Waals surface area contributed by atoms with Crippen molar-refractivity contribution in [1.29, 1.82) is 0 Å². The zero-order valence-electron chi connectivity index (χ0n) is 14.6. The van der Waals surface area contributed by atoms with Crippen LogP contribution in [0.15, 0.2) is 16.9 Å². The highest BCUT2D eigenvalue weighted by Gasteiger charge is 2.40. The van der Waals surface area contributed by atoms with Crippen LogP contribution in [0.25, 0.3) is 0 Å². The van der Waals surface area contributed by atoms with Crippen molar-refractivity contribution in [3.8, 4) is 0 Å². The molecule has 0 saturated carbocycles. The minimum Gasteiger partial charge on any atom is -0.374 e. The molecule has 0 amide bonds. The highest BCUT2D eigenvalue weighted by Crippen LogP contribution is 2.26. The van der Waals surface area contributed by atoms with E-state index in [1.807, 2.05) is 31.8 Å². The van der Waals surface area contributed by atoms with Crippen molar-refractivity contribution in [1.82, 2.24) is 24.7 Å². The standard InChI is InChI=1S/C17H25N5O2/c1-12-15(13(2)24-19-12)9-21-10-16-17(11-21)23-5-4-22(16)8-14-6-18-20(3)7-14/h6-7,16-17H,4-5,8-11H2,1-3H3/t16-,17+/m1/s1. The first-order chi connectivity index (χ1) is 11.6. The molecule has 2 aliphatic heterocycles. The van der Waals surface area contributed by atoms with E-state index in [-0.39, 0.29) is 6.10 Å². The Hall–Kier alpha value is -1.70. The number of fused-ring (bicyclic) bond motifs is 1. The Bertz CT molecular complexity index is 690. The molecular weight excluding hydrogens is 306 g/mol. The molecule has 130 valence electrons. The number of aromatic nitrogens is 3. The van der Waals surface area contributed by atoms with Crippen LogP contribution in [0.3, 0.4) is 0 Å². The van der Waals surface area contributed by atoms with E-state index in [9.17, 15) is 0 Å². The normalized spacial score (nSPS) is 25.3. The van der Waals surface area contributed by atoms with Crippen LogP contribution >= 0.6 is 0 Å². The van der Waals surface area contributed by atoms with E-state index < -0.39 is 0 Å². The quantitative estimate of drug-likeness (QED) is 0.836. The summed E-state index contributed by atoms with van der Waals surface area (Å²) in [4.78, 5) is 5.00. The summed E-state index contributed by atoms with van der Waals surface area (Å²) in [6.45, 7) is 9.61. The van der Waals surface area contributed by atoms with E-state index in [4.69, 9.17) is 9.26 Å². The average Bonchev–Trinajstić information content (AvgIpc) is 3.23. The van der Waals surface area contributed by atoms with Gasteiger partial charge in [0.25, 0.3) is 0 Å². The number of nitrogens with zero attached hydrogens (tertiary/aromatic N) is 5. The molecule has 2 atom stereocenters. The summed E-state index contributed by atoms with van der Waals surface area (Å²) in [6.07, 6.45) is 4.35. The van der Waals surface area contributed by atoms with Gasteiger partial charge in [-0.25, -0.2) is 0 Å². The fourth-order valence-electron chi connectivity index (χ4n) is 3.90. The number of aryl methyl sites for hydroxylation is 3. The number of hydrogen-bond donors (Lipinski definition) is 0. The largest absolute Gasteiger partial charge is 0.374 e. The maximum Gasteiger partial charge on any atom is 0.138 e. The summed E-state index contributed by atoms with van der Waals surface area (Å²) < 4.78 is 13.2. The lowest BCUT2D eigenvalue weighted by Gasteiger charge is -2.36. The van der Waals surface area contributed by atoms with Crippen LogP contribution in [-0.2, 0) is 24.9 Å². The number of likely N-dealkylation sites (tertiary alicyclic amines) is 1. The van der Waals surface area contributed by atoms with Gasteiger partial charge in [0, 0.05) is 57.1 Å². The van der Waals surface area contributed by atoms with Gasteiger partial charge in [0.05, 0.1) is 30.6 Å². The van der Waals surface area contributed by atoms with Crippen molar-refractivity contribution < 1.29 is 9.26 Å². The molecule has 2 aromatic heterocycles. The Kier molecular flexibility index (Phi) is 4.15. The van der Waals surface area contributed by atoms with E-state index in [1.54, 1.807) is 0 Å². The Balaban J connectivity index is 1.44. The first kappa shape index (κ1) is 15.8. The summed E-state index contributed by atoms with van der Waals surface area (Å²) in [7, 11) is 1.96. The van der Waals surface area contributed by atoms with Crippen LogP contribution < -0.4 is 0 Å². The Morgan fingerprint density at radius 2 is 2.12 bits per heavy atom. The molecule has 0 radical (unpaired) electrons. The molecule has 4 rings (SSSR count). The van der Waals surface area contributed by atoms with Crippen LogP contribution in [0.1, 0.15) is 22.6 Å². The zero-order chi connectivity index (χ0) is 16.7. The Labute approximate surface area is 142 Å². The van der Waals surface area contributed by atoms with Gasteiger partial charge in [-0.2, -0.15) is 5.10 Å². The Morgan fingerprint density at radius 1 is 1.25 bits per heavy atom. The molecule has 0 bridgehead atoms. The maximum absolute atomic E-state index is 6.04. The second-order valence-electron chi connectivity index (χ2n) is 6.97. The van der Waals surface area contributed by atoms with Gasteiger partial charge >= 0.3 is 0 Å². The first-order valence-corrected chi connectivity index (χ1v) is 8.57. The number of morpholine rings is 1. The topological polar surface area (TPSA) is 59.6 Å². The number of ether oxygens (including phenoxy) is 1. The van der Waals surface area contributed by atoms with Crippen molar-refractivity contribution in [3.05, 3.63) is 35.0 Å². The van der Waals surface area contributed by atoms with Gasteiger partial charge < -0.3 is 9.26 Å². The summed E-state index contributed by atoms with van der Waals surface area (Å²) >= 11 is 0. The molecule has 2 fully saturated rings. The molecule has 7 nitrogen and oxygen atoms in total. The number of rotatable bonds is 4. The van der Waals surface area contributed by atoms with Crippen molar-refractivity contribution in [2.24, 2.45) is 7.05 Å². The molecule has 0 aliphatic carbocycles. The molecule has 0 unspecified atom stereocenters. The average molecular weight is 331 g/mol. The van der Waals surface area contributed by atoms with Crippen LogP contribution in [0.5, 0.6) is 0 Å². The van der Waals surface area contributed by atoms with E-state index in [1.165, 1.54) is 11.1 Å². The maximum atomic E-state index is 6.04. The van der Waals surface area contributed by atoms with Gasteiger partial charge in [-0.1, -0.05) is 5.16 Å². The molecule has 0 aromatic carbocycles. The van der Waals surface area contributed by atoms with Crippen molar-refractivity contribution in [2.75, 3.05) is 26.2 Å². The van der Waals surface area contributed by atoms with Gasteiger partial charge in [0.15, 0.2) is 0 Å². The molecule has 4 heterocycles. The molecule has 2 saturated heterocycles. The van der Waals surface area contributed by atoms with Gasteiger partial charge in [-0.15, -0.1) is 0 Å². The van der Waals surface area contributed by atoms with Crippen LogP contribution in [0.2, 0.25) is 0 Å². The lowest BCUT2D eigenvalue weighted by Crippen LogP contribution is -2.50. The molecule has 0 spiro atoms. The van der Waals surface area contributed by atoms with Gasteiger partial charge in [-0.05, 0) is 13.8 Å². The summed E-state index contributed by atoms with van der Waals surface area (Å²) in [5, 5.41) is 8.35. The smallest absolute Gasteiger partial charge is 0.138 e. The molecule has 7 heteroatoms.